The number of halogens is 1. The number of hydrogen-bond acceptors (Lipinski definition) is 3. The first kappa shape index (κ1) is 17.7. The van der Waals surface area contributed by atoms with Crippen molar-refractivity contribution >= 4 is 17.5 Å². The van der Waals surface area contributed by atoms with Gasteiger partial charge in [-0.25, -0.2) is 0 Å². The van der Waals surface area contributed by atoms with Crippen LogP contribution < -0.4 is 5.32 Å². The van der Waals surface area contributed by atoms with Crippen LogP contribution in [0.5, 0.6) is 0 Å². The summed E-state index contributed by atoms with van der Waals surface area (Å²) in [6, 6.07) is 8.30. The number of amides is 1. The summed E-state index contributed by atoms with van der Waals surface area (Å²) < 4.78 is 0. The van der Waals surface area contributed by atoms with Crippen LogP contribution in [0.15, 0.2) is 24.3 Å². The SMILES string of the molecule is CN1CCC(N2CCC(CNC(=O)Cc3ccccc3Cl)C2)CC1. The standard InChI is InChI=1S/C19H28ClN3O/c1-22-9-7-17(8-10-22)23-11-6-15(14-23)13-21-19(24)12-16-4-2-3-5-18(16)20/h2-5,15,17H,6-14H2,1H3,(H,21,24). The van der Waals surface area contributed by atoms with Crippen LogP contribution in [0.25, 0.3) is 0 Å². The van der Waals surface area contributed by atoms with Gasteiger partial charge in [-0.2, -0.15) is 0 Å². The summed E-state index contributed by atoms with van der Waals surface area (Å²) in [5.74, 6) is 0.653. The van der Waals surface area contributed by atoms with E-state index in [1.54, 1.807) is 0 Å². The summed E-state index contributed by atoms with van der Waals surface area (Å²) in [6.45, 7) is 5.51. The first-order chi connectivity index (χ1) is 11.6. The fraction of sp³-hybridized carbons (Fsp3) is 0.632. The van der Waals surface area contributed by atoms with Gasteiger partial charge in [0.1, 0.15) is 0 Å². The smallest absolute Gasteiger partial charge is 0.224 e. The highest BCUT2D eigenvalue weighted by atomic mass is 35.5. The molecule has 1 aromatic rings. The maximum absolute atomic E-state index is 12.2. The topological polar surface area (TPSA) is 35.6 Å². The lowest BCUT2D eigenvalue weighted by atomic mass is 10.0. The van der Waals surface area contributed by atoms with Gasteiger partial charge in [-0.1, -0.05) is 29.8 Å². The predicted molar refractivity (Wildman–Crippen MR) is 98.4 cm³/mol. The molecule has 0 spiro atoms. The van der Waals surface area contributed by atoms with Gasteiger partial charge in [0.05, 0.1) is 6.42 Å². The van der Waals surface area contributed by atoms with E-state index in [9.17, 15) is 4.79 Å². The Balaban J connectivity index is 1.40. The highest BCUT2D eigenvalue weighted by molar-refractivity contribution is 6.31. The molecule has 1 N–H and O–H groups in total. The zero-order valence-corrected chi connectivity index (χ0v) is 15.3. The number of nitrogens with zero attached hydrogens (tertiary/aromatic N) is 2. The molecular weight excluding hydrogens is 322 g/mol. The molecule has 1 amide bonds. The predicted octanol–water partition coefficient (Wildman–Crippen LogP) is 2.41. The molecule has 1 atom stereocenters. The van der Waals surface area contributed by atoms with Crippen LogP contribution in [0, 0.1) is 5.92 Å². The molecule has 2 saturated heterocycles. The summed E-state index contributed by atoms with van der Waals surface area (Å²) in [6.07, 6.45) is 4.12. The third-order valence-electron chi connectivity index (χ3n) is 5.42. The summed E-state index contributed by atoms with van der Waals surface area (Å²) in [5.41, 5.74) is 0.899. The maximum atomic E-state index is 12.2. The Morgan fingerprint density at radius 2 is 1.96 bits per heavy atom. The van der Waals surface area contributed by atoms with Crippen molar-refractivity contribution in [3.05, 3.63) is 34.9 Å². The third-order valence-corrected chi connectivity index (χ3v) is 5.79. The molecule has 0 saturated carbocycles. The quantitative estimate of drug-likeness (QED) is 0.886. The highest BCUT2D eigenvalue weighted by Crippen LogP contribution is 2.23. The van der Waals surface area contributed by atoms with Crippen molar-refractivity contribution in [3.8, 4) is 0 Å². The molecule has 2 aliphatic heterocycles. The maximum Gasteiger partial charge on any atom is 0.224 e. The Morgan fingerprint density at radius 3 is 2.71 bits per heavy atom. The van der Waals surface area contributed by atoms with Crippen molar-refractivity contribution in [1.82, 2.24) is 15.1 Å². The number of piperidine rings is 1. The highest BCUT2D eigenvalue weighted by Gasteiger charge is 2.30. The Morgan fingerprint density at radius 1 is 1.21 bits per heavy atom. The van der Waals surface area contributed by atoms with Crippen molar-refractivity contribution in [2.75, 3.05) is 39.8 Å². The zero-order valence-electron chi connectivity index (χ0n) is 14.5. The second kappa shape index (κ2) is 8.32. The van der Waals surface area contributed by atoms with E-state index in [4.69, 9.17) is 11.6 Å². The van der Waals surface area contributed by atoms with Gasteiger partial charge in [-0.05, 0) is 63.5 Å². The van der Waals surface area contributed by atoms with E-state index < -0.39 is 0 Å². The monoisotopic (exact) mass is 349 g/mol. The van der Waals surface area contributed by atoms with Crippen molar-refractivity contribution < 1.29 is 4.79 Å². The molecule has 24 heavy (non-hydrogen) atoms. The van der Waals surface area contributed by atoms with Crippen molar-refractivity contribution in [2.45, 2.75) is 31.7 Å². The Hall–Kier alpha value is -1.10. The number of rotatable bonds is 5. The van der Waals surface area contributed by atoms with Gasteiger partial charge in [0.2, 0.25) is 5.91 Å². The van der Waals surface area contributed by atoms with E-state index in [2.05, 4.69) is 22.2 Å². The first-order valence-corrected chi connectivity index (χ1v) is 9.42. The van der Waals surface area contributed by atoms with Crippen LogP contribution in [0.4, 0.5) is 0 Å². The Bertz CT molecular complexity index is 557. The van der Waals surface area contributed by atoms with Gasteiger partial charge in [0, 0.05) is 24.2 Å². The second-order valence-electron chi connectivity index (χ2n) is 7.26. The minimum absolute atomic E-state index is 0.0702. The zero-order chi connectivity index (χ0) is 16.9. The molecule has 2 heterocycles. The van der Waals surface area contributed by atoms with Crippen LogP contribution in [-0.4, -0.2) is 61.5 Å². The average molecular weight is 350 g/mol. The second-order valence-corrected chi connectivity index (χ2v) is 7.66. The van der Waals surface area contributed by atoms with E-state index in [0.717, 1.165) is 24.7 Å². The molecule has 2 fully saturated rings. The van der Waals surface area contributed by atoms with Gasteiger partial charge in [0.25, 0.3) is 0 Å². The van der Waals surface area contributed by atoms with Gasteiger partial charge in [-0.3, -0.25) is 9.69 Å². The molecular formula is C19H28ClN3O. The van der Waals surface area contributed by atoms with Crippen LogP contribution in [0.2, 0.25) is 5.02 Å². The number of carbonyl (C=O) groups is 1. The summed E-state index contributed by atoms with van der Waals surface area (Å²) in [5, 5.41) is 3.77. The summed E-state index contributed by atoms with van der Waals surface area (Å²) in [7, 11) is 2.21. The van der Waals surface area contributed by atoms with Crippen LogP contribution in [-0.2, 0) is 11.2 Å². The molecule has 5 heteroatoms. The number of hydrogen-bond donors (Lipinski definition) is 1. The van der Waals surface area contributed by atoms with Crippen LogP contribution in [0.1, 0.15) is 24.8 Å². The first-order valence-electron chi connectivity index (χ1n) is 9.04. The molecule has 1 aromatic carbocycles. The largest absolute Gasteiger partial charge is 0.355 e. The van der Waals surface area contributed by atoms with Gasteiger partial charge in [-0.15, -0.1) is 0 Å². The molecule has 2 aliphatic rings. The molecule has 4 nitrogen and oxygen atoms in total. The molecule has 0 aliphatic carbocycles. The lowest BCUT2D eigenvalue weighted by molar-refractivity contribution is -0.120. The molecule has 0 bridgehead atoms. The molecule has 0 aromatic heterocycles. The lowest BCUT2D eigenvalue weighted by Gasteiger charge is -2.35. The lowest BCUT2D eigenvalue weighted by Crippen LogP contribution is -2.43. The van der Waals surface area contributed by atoms with Crippen LogP contribution >= 0.6 is 11.6 Å². The minimum Gasteiger partial charge on any atom is -0.355 e. The van der Waals surface area contributed by atoms with E-state index in [0.29, 0.717) is 17.4 Å². The average Bonchev–Trinajstić information content (AvgIpc) is 3.05. The van der Waals surface area contributed by atoms with Gasteiger partial charge < -0.3 is 10.2 Å². The van der Waals surface area contributed by atoms with Crippen molar-refractivity contribution in [3.63, 3.8) is 0 Å². The third kappa shape index (κ3) is 4.71. The van der Waals surface area contributed by atoms with Gasteiger partial charge >= 0.3 is 0 Å². The summed E-state index contributed by atoms with van der Waals surface area (Å²) >= 11 is 6.12. The van der Waals surface area contributed by atoms with Crippen molar-refractivity contribution in [2.24, 2.45) is 5.92 Å². The Labute approximate surface area is 150 Å². The van der Waals surface area contributed by atoms with Gasteiger partial charge in [0.15, 0.2) is 0 Å². The molecule has 132 valence electrons. The molecule has 3 rings (SSSR count). The minimum atomic E-state index is 0.0702. The molecule has 0 radical (unpaired) electrons. The van der Waals surface area contributed by atoms with E-state index >= 15 is 0 Å². The fourth-order valence-corrected chi connectivity index (χ4v) is 4.06. The number of likely N-dealkylation sites (tertiary alicyclic amines) is 2. The number of carbonyl (C=O) groups excluding carboxylic acids is 1. The number of nitrogens with one attached hydrogen (secondary N) is 1. The van der Waals surface area contributed by atoms with E-state index in [1.807, 2.05) is 24.3 Å². The Kier molecular flexibility index (Phi) is 6.14. The normalized spacial score (nSPS) is 23.5. The van der Waals surface area contributed by atoms with E-state index in [-0.39, 0.29) is 5.91 Å². The number of benzene rings is 1. The molecule has 1 unspecified atom stereocenters. The van der Waals surface area contributed by atoms with Crippen molar-refractivity contribution in [1.29, 1.82) is 0 Å². The fourth-order valence-electron chi connectivity index (χ4n) is 3.86. The van der Waals surface area contributed by atoms with Crippen LogP contribution in [0.3, 0.4) is 0 Å². The van der Waals surface area contributed by atoms with E-state index in [1.165, 1.54) is 38.9 Å². The summed E-state index contributed by atoms with van der Waals surface area (Å²) in [4.78, 5) is 17.2.